The summed E-state index contributed by atoms with van der Waals surface area (Å²) in [6, 6.07) is 1.98. The summed E-state index contributed by atoms with van der Waals surface area (Å²) in [5.74, 6) is 0.500. The second kappa shape index (κ2) is 4.23. The average molecular weight is 179 g/mol. The Kier molecular flexibility index (Phi) is 3.25. The highest BCUT2D eigenvalue weighted by Gasteiger charge is 2.02. The number of hydrogen-bond acceptors (Lipinski definition) is 2. The summed E-state index contributed by atoms with van der Waals surface area (Å²) in [5.41, 5.74) is 8.00. The summed E-state index contributed by atoms with van der Waals surface area (Å²) < 4.78 is 1.85. The van der Waals surface area contributed by atoms with E-state index in [0.717, 1.165) is 5.69 Å². The highest BCUT2D eigenvalue weighted by Crippen LogP contribution is 2.12. The van der Waals surface area contributed by atoms with Gasteiger partial charge in [0, 0.05) is 19.8 Å². The molecule has 0 aliphatic heterocycles. The van der Waals surface area contributed by atoms with Gasteiger partial charge in [0.15, 0.2) is 0 Å². The third-order valence-corrected chi connectivity index (χ3v) is 2.17. The van der Waals surface area contributed by atoms with Gasteiger partial charge in [-0.15, -0.1) is 0 Å². The fourth-order valence-electron chi connectivity index (χ4n) is 1.18. The van der Waals surface area contributed by atoms with Crippen LogP contribution in [0.4, 0.5) is 0 Å². The van der Waals surface area contributed by atoms with Gasteiger partial charge in [0.2, 0.25) is 0 Å². The Balaban J connectivity index is 2.91. The average Bonchev–Trinajstić information content (AvgIpc) is 2.46. The van der Waals surface area contributed by atoms with E-state index >= 15 is 0 Å². The first-order valence-corrected chi connectivity index (χ1v) is 4.53. The Morgan fingerprint density at radius 2 is 2.38 bits per heavy atom. The van der Waals surface area contributed by atoms with E-state index in [0.29, 0.717) is 12.5 Å². The lowest BCUT2D eigenvalue weighted by molar-refractivity contribution is 0.739. The van der Waals surface area contributed by atoms with Gasteiger partial charge in [-0.1, -0.05) is 19.4 Å². The van der Waals surface area contributed by atoms with Crippen molar-refractivity contribution in [1.29, 1.82) is 0 Å². The topological polar surface area (TPSA) is 43.8 Å². The van der Waals surface area contributed by atoms with Crippen molar-refractivity contribution in [2.24, 2.45) is 18.7 Å². The van der Waals surface area contributed by atoms with Crippen LogP contribution in [0.1, 0.15) is 19.5 Å². The lowest BCUT2D eigenvalue weighted by Crippen LogP contribution is -2.08. The molecule has 0 amide bonds. The quantitative estimate of drug-likeness (QED) is 0.762. The third-order valence-electron chi connectivity index (χ3n) is 2.17. The molecule has 0 saturated carbocycles. The molecule has 0 spiro atoms. The molecule has 0 radical (unpaired) electrons. The molecule has 0 fully saturated rings. The van der Waals surface area contributed by atoms with Crippen molar-refractivity contribution in [3.8, 4) is 0 Å². The zero-order chi connectivity index (χ0) is 9.84. The molecule has 2 N–H and O–H groups in total. The molecule has 0 unspecified atom stereocenters. The highest BCUT2D eigenvalue weighted by molar-refractivity contribution is 5.49. The van der Waals surface area contributed by atoms with Crippen LogP contribution in [0.5, 0.6) is 0 Å². The van der Waals surface area contributed by atoms with Crippen LogP contribution in [0.2, 0.25) is 0 Å². The lowest BCUT2D eigenvalue weighted by atomic mass is 10.0. The predicted octanol–water partition coefficient (Wildman–Crippen LogP) is 1.42. The van der Waals surface area contributed by atoms with Gasteiger partial charge in [0.05, 0.1) is 5.69 Å². The first-order chi connectivity index (χ1) is 6.15. The van der Waals surface area contributed by atoms with E-state index in [2.05, 4.69) is 25.0 Å². The van der Waals surface area contributed by atoms with Crippen LogP contribution in [0.15, 0.2) is 17.8 Å². The van der Waals surface area contributed by atoms with Crippen LogP contribution in [0.3, 0.4) is 0 Å². The van der Waals surface area contributed by atoms with Crippen molar-refractivity contribution in [3.05, 3.63) is 23.5 Å². The van der Waals surface area contributed by atoms with E-state index in [9.17, 15) is 0 Å². The SMILES string of the molecule is CC(C)C(=Cc1ccnn1C)CN. The van der Waals surface area contributed by atoms with Gasteiger partial charge in [0.25, 0.3) is 0 Å². The van der Waals surface area contributed by atoms with Gasteiger partial charge in [0.1, 0.15) is 0 Å². The summed E-state index contributed by atoms with van der Waals surface area (Å²) >= 11 is 0. The van der Waals surface area contributed by atoms with Crippen molar-refractivity contribution in [1.82, 2.24) is 9.78 Å². The lowest BCUT2D eigenvalue weighted by Gasteiger charge is -2.08. The summed E-state index contributed by atoms with van der Waals surface area (Å²) in [4.78, 5) is 0. The van der Waals surface area contributed by atoms with Gasteiger partial charge in [-0.25, -0.2) is 0 Å². The van der Waals surface area contributed by atoms with Crippen LogP contribution >= 0.6 is 0 Å². The Bertz CT molecular complexity index is 297. The van der Waals surface area contributed by atoms with E-state index in [1.807, 2.05) is 17.8 Å². The fourth-order valence-corrected chi connectivity index (χ4v) is 1.18. The van der Waals surface area contributed by atoms with Gasteiger partial charge >= 0.3 is 0 Å². The summed E-state index contributed by atoms with van der Waals surface area (Å²) in [7, 11) is 1.93. The Morgan fingerprint density at radius 1 is 1.69 bits per heavy atom. The van der Waals surface area contributed by atoms with Crippen molar-refractivity contribution < 1.29 is 0 Å². The maximum Gasteiger partial charge on any atom is 0.0606 e. The largest absolute Gasteiger partial charge is 0.327 e. The molecule has 0 aliphatic carbocycles. The normalized spacial score (nSPS) is 12.5. The molecule has 1 rings (SSSR count). The van der Waals surface area contributed by atoms with Gasteiger partial charge in [-0.2, -0.15) is 5.10 Å². The Morgan fingerprint density at radius 3 is 2.77 bits per heavy atom. The van der Waals surface area contributed by atoms with Crippen LogP contribution in [-0.4, -0.2) is 16.3 Å². The van der Waals surface area contributed by atoms with Crippen molar-refractivity contribution in [2.75, 3.05) is 6.54 Å². The molecule has 0 aliphatic rings. The third kappa shape index (κ3) is 2.42. The van der Waals surface area contributed by atoms with E-state index in [1.54, 1.807) is 6.20 Å². The fraction of sp³-hybridized carbons (Fsp3) is 0.500. The molecule has 0 saturated heterocycles. The van der Waals surface area contributed by atoms with Crippen molar-refractivity contribution in [2.45, 2.75) is 13.8 Å². The molecule has 1 aromatic rings. The molecule has 1 aromatic heterocycles. The molecular formula is C10H17N3. The Labute approximate surface area is 79.2 Å². The van der Waals surface area contributed by atoms with Crippen molar-refractivity contribution >= 4 is 6.08 Å². The van der Waals surface area contributed by atoms with Crippen molar-refractivity contribution in [3.63, 3.8) is 0 Å². The molecule has 13 heavy (non-hydrogen) atoms. The first kappa shape index (κ1) is 9.99. The number of aromatic nitrogens is 2. The standard InChI is InChI=1S/C10H17N3/c1-8(2)9(7-11)6-10-4-5-12-13(10)3/h4-6,8H,7,11H2,1-3H3. The van der Waals surface area contributed by atoms with Crippen LogP contribution in [0, 0.1) is 5.92 Å². The molecule has 0 aromatic carbocycles. The number of rotatable bonds is 3. The van der Waals surface area contributed by atoms with Gasteiger partial charge in [-0.05, 0) is 18.1 Å². The maximum absolute atomic E-state index is 5.64. The molecule has 72 valence electrons. The van der Waals surface area contributed by atoms with E-state index < -0.39 is 0 Å². The van der Waals surface area contributed by atoms with Crippen LogP contribution in [-0.2, 0) is 7.05 Å². The first-order valence-electron chi connectivity index (χ1n) is 4.53. The minimum Gasteiger partial charge on any atom is -0.327 e. The number of nitrogens with zero attached hydrogens (tertiary/aromatic N) is 2. The highest BCUT2D eigenvalue weighted by atomic mass is 15.2. The Hall–Kier alpha value is -1.09. The number of nitrogens with two attached hydrogens (primary N) is 1. The zero-order valence-corrected chi connectivity index (χ0v) is 8.49. The minimum atomic E-state index is 0.500. The van der Waals surface area contributed by atoms with Gasteiger partial charge < -0.3 is 5.73 Å². The smallest absolute Gasteiger partial charge is 0.0606 e. The van der Waals surface area contributed by atoms with Crippen LogP contribution < -0.4 is 5.73 Å². The zero-order valence-electron chi connectivity index (χ0n) is 8.49. The summed E-state index contributed by atoms with van der Waals surface area (Å²) in [6.45, 7) is 4.91. The van der Waals surface area contributed by atoms with Crippen LogP contribution in [0.25, 0.3) is 6.08 Å². The van der Waals surface area contributed by atoms with E-state index in [4.69, 9.17) is 5.73 Å². The second-order valence-electron chi connectivity index (χ2n) is 3.46. The molecular weight excluding hydrogens is 162 g/mol. The summed E-state index contributed by atoms with van der Waals surface area (Å²) in [5, 5.41) is 4.09. The van der Waals surface area contributed by atoms with E-state index in [1.165, 1.54) is 5.57 Å². The number of aryl methyl sites for hydroxylation is 1. The number of hydrogen-bond donors (Lipinski definition) is 1. The predicted molar refractivity (Wildman–Crippen MR) is 55.1 cm³/mol. The maximum atomic E-state index is 5.64. The minimum absolute atomic E-state index is 0.500. The van der Waals surface area contributed by atoms with Gasteiger partial charge in [-0.3, -0.25) is 4.68 Å². The summed E-state index contributed by atoms with van der Waals surface area (Å²) in [6.07, 6.45) is 3.90. The molecule has 0 atom stereocenters. The van der Waals surface area contributed by atoms with E-state index in [-0.39, 0.29) is 0 Å². The molecule has 3 heteroatoms. The second-order valence-corrected chi connectivity index (χ2v) is 3.46. The molecule has 3 nitrogen and oxygen atoms in total. The molecule has 1 heterocycles. The molecule has 0 bridgehead atoms. The monoisotopic (exact) mass is 179 g/mol.